The first-order valence-corrected chi connectivity index (χ1v) is 9.03. The van der Waals surface area contributed by atoms with Crippen LogP contribution < -0.4 is 5.32 Å². The van der Waals surface area contributed by atoms with E-state index in [4.69, 9.17) is 4.42 Å². The van der Waals surface area contributed by atoms with E-state index in [1.165, 1.54) is 11.3 Å². The van der Waals surface area contributed by atoms with E-state index in [2.05, 4.69) is 10.2 Å². The molecule has 1 N–H and O–H groups in total. The lowest BCUT2D eigenvalue weighted by atomic mass is 10.1. The highest BCUT2D eigenvalue weighted by Gasteiger charge is 2.24. The molecule has 1 fully saturated rings. The van der Waals surface area contributed by atoms with Gasteiger partial charge in [0, 0.05) is 36.7 Å². The molecular formula is C15H18N2O2S2. The summed E-state index contributed by atoms with van der Waals surface area (Å²) in [6.45, 7) is 2.71. The van der Waals surface area contributed by atoms with Gasteiger partial charge in [-0.05, 0) is 17.5 Å². The van der Waals surface area contributed by atoms with E-state index in [1.807, 2.05) is 35.3 Å². The maximum Gasteiger partial charge on any atom is 0.261 e. The molecule has 0 unspecified atom stereocenters. The molecule has 0 aromatic carbocycles. The largest absolute Gasteiger partial charge is 0.472 e. The van der Waals surface area contributed by atoms with Crippen molar-refractivity contribution < 1.29 is 9.21 Å². The van der Waals surface area contributed by atoms with E-state index in [-0.39, 0.29) is 11.9 Å². The zero-order valence-corrected chi connectivity index (χ0v) is 13.3. The van der Waals surface area contributed by atoms with Gasteiger partial charge in [0.1, 0.15) is 0 Å². The second-order valence-electron chi connectivity index (χ2n) is 4.91. The molecule has 1 aliphatic heterocycles. The summed E-state index contributed by atoms with van der Waals surface area (Å²) in [5.74, 6) is 2.30. The van der Waals surface area contributed by atoms with Crippen molar-refractivity contribution in [3.63, 3.8) is 0 Å². The molecule has 4 nitrogen and oxygen atoms in total. The minimum Gasteiger partial charge on any atom is -0.472 e. The Balaban J connectivity index is 1.66. The van der Waals surface area contributed by atoms with Crippen LogP contribution in [0.1, 0.15) is 21.3 Å². The average Bonchev–Trinajstić information content (AvgIpc) is 3.22. The summed E-state index contributed by atoms with van der Waals surface area (Å²) in [5, 5.41) is 4.97. The molecule has 0 bridgehead atoms. The van der Waals surface area contributed by atoms with Crippen molar-refractivity contribution in [2.45, 2.75) is 6.04 Å². The molecule has 0 saturated carbocycles. The Kier molecular flexibility index (Phi) is 5.00. The predicted molar refractivity (Wildman–Crippen MR) is 87.0 cm³/mol. The Bertz CT molecular complexity index is 548. The number of carbonyl (C=O) groups excluding carboxylic acids is 1. The Morgan fingerprint density at radius 2 is 2.24 bits per heavy atom. The highest BCUT2D eigenvalue weighted by atomic mass is 32.2. The number of nitrogens with zero attached hydrogens (tertiary/aromatic N) is 1. The molecule has 21 heavy (non-hydrogen) atoms. The Morgan fingerprint density at radius 1 is 1.38 bits per heavy atom. The monoisotopic (exact) mass is 322 g/mol. The fraction of sp³-hybridized carbons (Fsp3) is 0.400. The van der Waals surface area contributed by atoms with Crippen molar-refractivity contribution >= 4 is 29.0 Å². The minimum atomic E-state index is 0.00452. The number of furan rings is 1. The molecule has 1 amide bonds. The predicted octanol–water partition coefficient (Wildman–Crippen LogP) is 2.86. The van der Waals surface area contributed by atoms with E-state index >= 15 is 0 Å². The van der Waals surface area contributed by atoms with E-state index < -0.39 is 0 Å². The topological polar surface area (TPSA) is 45.5 Å². The van der Waals surface area contributed by atoms with Crippen molar-refractivity contribution in [2.75, 3.05) is 31.1 Å². The molecule has 0 radical (unpaired) electrons. The number of hydrogen-bond donors (Lipinski definition) is 1. The molecule has 2 aromatic rings. The summed E-state index contributed by atoms with van der Waals surface area (Å²) in [4.78, 5) is 15.3. The van der Waals surface area contributed by atoms with Crippen LogP contribution in [0.15, 0.2) is 40.5 Å². The molecule has 112 valence electrons. The first-order valence-electron chi connectivity index (χ1n) is 7.00. The normalized spacial score (nSPS) is 17.5. The molecule has 1 atom stereocenters. The van der Waals surface area contributed by atoms with Crippen LogP contribution in [0.5, 0.6) is 0 Å². The number of hydrogen-bond acceptors (Lipinski definition) is 5. The first kappa shape index (κ1) is 14.7. The summed E-state index contributed by atoms with van der Waals surface area (Å²) in [5.41, 5.74) is 1.13. The maximum absolute atomic E-state index is 12.1. The van der Waals surface area contributed by atoms with E-state index in [9.17, 15) is 4.79 Å². The van der Waals surface area contributed by atoms with Gasteiger partial charge in [-0.25, -0.2) is 0 Å². The van der Waals surface area contributed by atoms with Crippen molar-refractivity contribution in [2.24, 2.45) is 0 Å². The van der Waals surface area contributed by atoms with Gasteiger partial charge in [0.2, 0.25) is 0 Å². The molecule has 6 heteroatoms. The minimum absolute atomic E-state index is 0.00452. The Hall–Kier alpha value is -1.24. The molecular weight excluding hydrogens is 304 g/mol. The van der Waals surface area contributed by atoms with Gasteiger partial charge in [-0.15, -0.1) is 11.3 Å². The number of nitrogens with one attached hydrogen (secondary N) is 1. The molecule has 0 aliphatic carbocycles. The van der Waals surface area contributed by atoms with Crippen LogP contribution in [0.25, 0.3) is 0 Å². The van der Waals surface area contributed by atoms with Crippen molar-refractivity contribution in [1.29, 1.82) is 0 Å². The van der Waals surface area contributed by atoms with E-state index in [0.717, 1.165) is 35.0 Å². The van der Waals surface area contributed by atoms with Crippen molar-refractivity contribution in [3.05, 3.63) is 46.5 Å². The van der Waals surface area contributed by atoms with Gasteiger partial charge in [0.05, 0.1) is 23.4 Å². The Labute approximate surface area is 132 Å². The van der Waals surface area contributed by atoms with Gasteiger partial charge >= 0.3 is 0 Å². The molecule has 3 heterocycles. The number of carbonyl (C=O) groups is 1. The van der Waals surface area contributed by atoms with Gasteiger partial charge in [0.25, 0.3) is 5.91 Å². The molecule has 1 aliphatic rings. The summed E-state index contributed by atoms with van der Waals surface area (Å²) in [7, 11) is 0. The van der Waals surface area contributed by atoms with Gasteiger partial charge < -0.3 is 9.73 Å². The first-order chi connectivity index (χ1) is 10.3. The quantitative estimate of drug-likeness (QED) is 0.919. The SMILES string of the molecule is O=C(NC[C@H](c1ccoc1)N1CCSCC1)c1cccs1. The second-order valence-corrected chi connectivity index (χ2v) is 7.08. The summed E-state index contributed by atoms with van der Waals surface area (Å²) in [6, 6.07) is 5.93. The molecule has 0 spiro atoms. The van der Waals surface area contributed by atoms with Gasteiger partial charge in [-0.3, -0.25) is 9.69 Å². The van der Waals surface area contributed by atoms with E-state index in [1.54, 1.807) is 12.5 Å². The van der Waals surface area contributed by atoms with Crippen molar-refractivity contribution in [3.8, 4) is 0 Å². The van der Waals surface area contributed by atoms with Gasteiger partial charge in [0.15, 0.2) is 0 Å². The third-order valence-electron chi connectivity index (χ3n) is 3.62. The number of thioether (sulfide) groups is 1. The molecule has 2 aromatic heterocycles. The van der Waals surface area contributed by atoms with Crippen LogP contribution in [-0.2, 0) is 0 Å². The van der Waals surface area contributed by atoms with Gasteiger partial charge in [-0.1, -0.05) is 6.07 Å². The number of thiophene rings is 1. The Morgan fingerprint density at radius 3 is 2.90 bits per heavy atom. The fourth-order valence-electron chi connectivity index (χ4n) is 2.50. The third-order valence-corrected chi connectivity index (χ3v) is 5.43. The van der Waals surface area contributed by atoms with Crippen LogP contribution >= 0.6 is 23.1 Å². The van der Waals surface area contributed by atoms with Crippen molar-refractivity contribution in [1.82, 2.24) is 10.2 Å². The smallest absolute Gasteiger partial charge is 0.261 e. The van der Waals surface area contributed by atoms with E-state index in [0.29, 0.717) is 6.54 Å². The fourth-order valence-corrected chi connectivity index (χ4v) is 4.07. The van der Waals surface area contributed by atoms with Crippen LogP contribution in [-0.4, -0.2) is 41.9 Å². The second kappa shape index (κ2) is 7.15. The summed E-state index contributed by atoms with van der Waals surface area (Å²) >= 11 is 3.45. The highest BCUT2D eigenvalue weighted by Crippen LogP contribution is 2.24. The standard InChI is InChI=1S/C15H18N2O2S2/c18-15(14-2-1-7-21-14)16-10-13(12-3-6-19-11-12)17-4-8-20-9-5-17/h1-3,6-7,11,13H,4-5,8-10H2,(H,16,18)/t13-/m1/s1. The lowest BCUT2D eigenvalue weighted by Gasteiger charge is -2.33. The molecule has 1 saturated heterocycles. The average molecular weight is 322 g/mol. The van der Waals surface area contributed by atoms with Gasteiger partial charge in [-0.2, -0.15) is 11.8 Å². The lowest BCUT2D eigenvalue weighted by molar-refractivity contribution is 0.0939. The highest BCUT2D eigenvalue weighted by molar-refractivity contribution is 7.99. The third kappa shape index (κ3) is 3.70. The van der Waals surface area contributed by atoms with Crippen LogP contribution in [0.4, 0.5) is 0 Å². The molecule has 3 rings (SSSR count). The van der Waals surface area contributed by atoms with Crippen LogP contribution in [0, 0.1) is 0 Å². The zero-order chi connectivity index (χ0) is 14.5. The summed E-state index contributed by atoms with van der Waals surface area (Å²) < 4.78 is 5.22. The summed E-state index contributed by atoms with van der Waals surface area (Å²) in [6.07, 6.45) is 3.48. The van der Waals surface area contributed by atoms with Crippen LogP contribution in [0.2, 0.25) is 0 Å². The zero-order valence-electron chi connectivity index (χ0n) is 11.7. The number of amides is 1. The maximum atomic E-state index is 12.1. The lowest BCUT2D eigenvalue weighted by Crippen LogP contribution is -2.41. The number of rotatable bonds is 5. The van der Waals surface area contributed by atoms with Crippen LogP contribution in [0.3, 0.4) is 0 Å².